The topological polar surface area (TPSA) is 64.3 Å². The Morgan fingerprint density at radius 3 is 2.59 bits per heavy atom. The van der Waals surface area contributed by atoms with Gasteiger partial charge in [-0.25, -0.2) is 0 Å². The molecule has 0 aliphatic heterocycles. The largest absolute Gasteiger partial charge is 0.492 e. The second-order valence-electron chi connectivity index (χ2n) is 5.21. The fourth-order valence-corrected chi connectivity index (χ4v) is 2.09. The number of para-hydroxylation sites is 1. The molecule has 0 saturated carbocycles. The van der Waals surface area contributed by atoms with E-state index in [9.17, 15) is 4.79 Å². The van der Waals surface area contributed by atoms with Crippen LogP contribution in [0, 0.1) is 6.92 Å². The summed E-state index contributed by atoms with van der Waals surface area (Å²) in [6.07, 6.45) is 1.08. The Kier molecular flexibility index (Phi) is 5.83. The van der Waals surface area contributed by atoms with Crippen LogP contribution >= 0.6 is 0 Å². The maximum Gasteiger partial charge on any atom is 0.220 e. The van der Waals surface area contributed by atoms with Crippen molar-refractivity contribution >= 4 is 11.6 Å². The van der Waals surface area contributed by atoms with E-state index >= 15 is 0 Å². The average molecular weight is 298 g/mol. The lowest BCUT2D eigenvalue weighted by molar-refractivity contribution is -0.121. The van der Waals surface area contributed by atoms with Crippen molar-refractivity contribution in [3.63, 3.8) is 0 Å². The van der Waals surface area contributed by atoms with Crippen molar-refractivity contribution < 1.29 is 9.53 Å². The Bertz CT molecular complexity index is 609. The molecule has 22 heavy (non-hydrogen) atoms. The number of aryl methyl sites for hydroxylation is 2. The van der Waals surface area contributed by atoms with Gasteiger partial charge >= 0.3 is 0 Å². The molecule has 4 heteroatoms. The van der Waals surface area contributed by atoms with Gasteiger partial charge in [-0.1, -0.05) is 35.9 Å². The lowest BCUT2D eigenvalue weighted by atomic mass is 10.1. The van der Waals surface area contributed by atoms with E-state index in [1.165, 1.54) is 5.56 Å². The average Bonchev–Trinajstić information content (AvgIpc) is 2.52. The van der Waals surface area contributed by atoms with E-state index in [-0.39, 0.29) is 5.91 Å². The molecule has 0 aromatic heterocycles. The molecule has 0 unspecified atom stereocenters. The van der Waals surface area contributed by atoms with Crippen LogP contribution in [0.4, 0.5) is 5.69 Å². The van der Waals surface area contributed by atoms with Gasteiger partial charge in [0.15, 0.2) is 0 Å². The zero-order valence-corrected chi connectivity index (χ0v) is 12.8. The van der Waals surface area contributed by atoms with E-state index in [0.29, 0.717) is 26.0 Å². The van der Waals surface area contributed by atoms with E-state index in [1.807, 2.05) is 55.5 Å². The lowest BCUT2D eigenvalue weighted by Gasteiger charge is -2.08. The summed E-state index contributed by atoms with van der Waals surface area (Å²) in [4.78, 5) is 11.8. The molecule has 0 saturated heterocycles. The molecule has 2 rings (SSSR count). The summed E-state index contributed by atoms with van der Waals surface area (Å²) in [5.74, 6) is 0.827. The van der Waals surface area contributed by atoms with Crippen LogP contribution in [0.5, 0.6) is 5.75 Å². The first-order chi connectivity index (χ1) is 10.6. The summed E-state index contributed by atoms with van der Waals surface area (Å²) in [6, 6.07) is 15.5. The van der Waals surface area contributed by atoms with Crippen molar-refractivity contribution in [2.75, 3.05) is 18.9 Å². The van der Waals surface area contributed by atoms with E-state index in [2.05, 4.69) is 5.32 Å². The van der Waals surface area contributed by atoms with Gasteiger partial charge in [-0.15, -0.1) is 0 Å². The molecule has 4 nitrogen and oxygen atoms in total. The highest BCUT2D eigenvalue weighted by atomic mass is 16.5. The number of hydrogen-bond donors (Lipinski definition) is 2. The highest BCUT2D eigenvalue weighted by Gasteiger charge is 2.04. The van der Waals surface area contributed by atoms with Crippen LogP contribution in [0.25, 0.3) is 0 Å². The first kappa shape index (κ1) is 15.9. The zero-order valence-electron chi connectivity index (χ0n) is 12.8. The van der Waals surface area contributed by atoms with Crippen molar-refractivity contribution in [3.8, 4) is 5.75 Å². The van der Waals surface area contributed by atoms with Gasteiger partial charge in [0, 0.05) is 12.1 Å². The highest BCUT2D eigenvalue weighted by molar-refractivity contribution is 5.76. The molecule has 0 aliphatic carbocycles. The van der Waals surface area contributed by atoms with Gasteiger partial charge < -0.3 is 15.8 Å². The highest BCUT2D eigenvalue weighted by Crippen LogP contribution is 2.12. The molecule has 0 atom stereocenters. The number of benzene rings is 2. The fourth-order valence-electron chi connectivity index (χ4n) is 2.09. The van der Waals surface area contributed by atoms with Gasteiger partial charge in [0.1, 0.15) is 12.4 Å². The molecule has 1 amide bonds. The van der Waals surface area contributed by atoms with E-state index < -0.39 is 0 Å². The standard InChI is InChI=1S/C18H22N2O2/c1-14-6-9-16(10-7-14)22-13-12-20-18(21)11-8-15-4-2-3-5-17(15)19/h2-7,9-10H,8,11-13,19H2,1H3,(H,20,21). The van der Waals surface area contributed by atoms with Crippen LogP contribution in [0.15, 0.2) is 48.5 Å². The van der Waals surface area contributed by atoms with Gasteiger partial charge in [-0.2, -0.15) is 0 Å². The molecular formula is C18H22N2O2. The molecular weight excluding hydrogens is 276 g/mol. The Labute approximate surface area is 131 Å². The van der Waals surface area contributed by atoms with Gasteiger partial charge in [0.2, 0.25) is 5.91 Å². The zero-order chi connectivity index (χ0) is 15.8. The van der Waals surface area contributed by atoms with Crippen LogP contribution in [-0.2, 0) is 11.2 Å². The van der Waals surface area contributed by atoms with Gasteiger partial charge in [-0.3, -0.25) is 4.79 Å². The van der Waals surface area contributed by atoms with Crippen LogP contribution in [0.1, 0.15) is 17.5 Å². The quantitative estimate of drug-likeness (QED) is 0.610. The summed E-state index contributed by atoms with van der Waals surface area (Å²) >= 11 is 0. The Morgan fingerprint density at radius 1 is 1.14 bits per heavy atom. The number of ether oxygens (including phenoxy) is 1. The number of anilines is 1. The molecule has 116 valence electrons. The van der Waals surface area contributed by atoms with Crippen LogP contribution in [-0.4, -0.2) is 19.1 Å². The van der Waals surface area contributed by atoms with Gasteiger partial charge in [0.25, 0.3) is 0 Å². The normalized spacial score (nSPS) is 10.2. The smallest absolute Gasteiger partial charge is 0.220 e. The summed E-state index contributed by atoms with van der Waals surface area (Å²) in [5, 5.41) is 2.85. The fraction of sp³-hybridized carbons (Fsp3) is 0.278. The minimum Gasteiger partial charge on any atom is -0.492 e. The van der Waals surface area contributed by atoms with Crippen molar-refractivity contribution in [3.05, 3.63) is 59.7 Å². The maximum atomic E-state index is 11.8. The molecule has 0 radical (unpaired) electrons. The Balaban J connectivity index is 1.64. The molecule has 0 spiro atoms. The minimum absolute atomic E-state index is 0.00996. The molecule has 0 aliphatic rings. The SMILES string of the molecule is Cc1ccc(OCCNC(=O)CCc2ccccc2N)cc1. The summed E-state index contributed by atoms with van der Waals surface area (Å²) in [6.45, 7) is 2.99. The van der Waals surface area contributed by atoms with E-state index in [1.54, 1.807) is 0 Å². The first-order valence-electron chi connectivity index (χ1n) is 7.44. The number of nitrogens with one attached hydrogen (secondary N) is 1. The van der Waals surface area contributed by atoms with Crippen molar-refractivity contribution in [2.45, 2.75) is 19.8 Å². The Morgan fingerprint density at radius 2 is 1.86 bits per heavy atom. The number of hydrogen-bond acceptors (Lipinski definition) is 3. The monoisotopic (exact) mass is 298 g/mol. The third-order valence-electron chi connectivity index (χ3n) is 3.39. The van der Waals surface area contributed by atoms with Crippen LogP contribution in [0.3, 0.4) is 0 Å². The third-order valence-corrected chi connectivity index (χ3v) is 3.39. The van der Waals surface area contributed by atoms with E-state index in [0.717, 1.165) is 17.0 Å². The summed E-state index contributed by atoms with van der Waals surface area (Å²) in [7, 11) is 0. The number of rotatable bonds is 7. The Hall–Kier alpha value is -2.49. The predicted octanol–water partition coefficient (Wildman–Crippen LogP) is 2.71. The molecule has 0 heterocycles. The summed E-state index contributed by atoms with van der Waals surface area (Å²) < 4.78 is 5.56. The number of nitrogen functional groups attached to an aromatic ring is 1. The first-order valence-corrected chi connectivity index (χ1v) is 7.44. The van der Waals surface area contributed by atoms with Crippen molar-refractivity contribution in [1.29, 1.82) is 0 Å². The minimum atomic E-state index is 0.00996. The molecule has 0 fully saturated rings. The summed E-state index contributed by atoms with van der Waals surface area (Å²) in [5.41, 5.74) is 8.79. The number of amides is 1. The predicted molar refractivity (Wildman–Crippen MR) is 88.9 cm³/mol. The van der Waals surface area contributed by atoms with Crippen molar-refractivity contribution in [2.24, 2.45) is 0 Å². The third kappa shape index (κ3) is 5.13. The van der Waals surface area contributed by atoms with Crippen LogP contribution < -0.4 is 15.8 Å². The van der Waals surface area contributed by atoms with E-state index in [4.69, 9.17) is 10.5 Å². The molecule has 3 N–H and O–H groups in total. The van der Waals surface area contributed by atoms with Crippen molar-refractivity contribution in [1.82, 2.24) is 5.32 Å². The molecule has 0 bridgehead atoms. The second-order valence-corrected chi connectivity index (χ2v) is 5.21. The molecule has 2 aromatic rings. The van der Waals surface area contributed by atoms with Gasteiger partial charge in [0.05, 0.1) is 6.54 Å². The van der Waals surface area contributed by atoms with Gasteiger partial charge in [-0.05, 0) is 37.1 Å². The number of nitrogens with two attached hydrogens (primary N) is 1. The van der Waals surface area contributed by atoms with Crippen LogP contribution in [0.2, 0.25) is 0 Å². The lowest BCUT2D eigenvalue weighted by Crippen LogP contribution is -2.28. The number of carbonyl (C=O) groups excluding carboxylic acids is 1. The molecule has 2 aromatic carbocycles. The maximum absolute atomic E-state index is 11.8. The number of carbonyl (C=O) groups is 1. The second kappa shape index (κ2) is 8.08.